The normalized spacial score (nSPS) is 19.1. The standard InChI is InChI=1S/C13H20N4O2/c1-9-7-10(2)15-12(14-9)16-11-5-4-6-17(8-11)13(18)19-3/h7,11H,4-6,8H2,1-3H3,(H,14,15,16). The molecule has 0 bridgehead atoms. The van der Waals surface area contributed by atoms with E-state index in [9.17, 15) is 4.79 Å². The van der Waals surface area contributed by atoms with Gasteiger partial charge in [-0.25, -0.2) is 14.8 Å². The zero-order valence-electron chi connectivity index (χ0n) is 11.6. The number of carbonyl (C=O) groups excluding carboxylic acids is 1. The summed E-state index contributed by atoms with van der Waals surface area (Å²) in [6, 6.07) is 2.11. The summed E-state index contributed by atoms with van der Waals surface area (Å²) in [6.07, 6.45) is 1.69. The molecule has 0 spiro atoms. The van der Waals surface area contributed by atoms with Crippen molar-refractivity contribution in [3.63, 3.8) is 0 Å². The molecule has 104 valence electrons. The fourth-order valence-electron chi connectivity index (χ4n) is 2.36. The molecule has 6 nitrogen and oxygen atoms in total. The van der Waals surface area contributed by atoms with Crippen molar-refractivity contribution in [3.05, 3.63) is 17.5 Å². The van der Waals surface area contributed by atoms with Gasteiger partial charge in [-0.2, -0.15) is 0 Å². The summed E-state index contributed by atoms with van der Waals surface area (Å²) in [4.78, 5) is 22.0. The zero-order valence-corrected chi connectivity index (χ0v) is 11.6. The largest absolute Gasteiger partial charge is 0.453 e. The number of piperidine rings is 1. The number of aryl methyl sites for hydroxylation is 2. The van der Waals surface area contributed by atoms with Crippen molar-refractivity contribution in [1.29, 1.82) is 0 Å². The molecule has 2 rings (SSSR count). The lowest BCUT2D eigenvalue weighted by atomic mass is 10.1. The molecule has 0 radical (unpaired) electrons. The van der Waals surface area contributed by atoms with E-state index < -0.39 is 0 Å². The first-order chi connectivity index (χ1) is 9.08. The Labute approximate surface area is 113 Å². The molecular weight excluding hydrogens is 244 g/mol. The van der Waals surface area contributed by atoms with E-state index in [2.05, 4.69) is 15.3 Å². The predicted molar refractivity (Wildman–Crippen MR) is 72.1 cm³/mol. The van der Waals surface area contributed by atoms with Gasteiger partial charge in [-0.1, -0.05) is 0 Å². The quantitative estimate of drug-likeness (QED) is 0.881. The molecule has 2 heterocycles. The molecule has 1 N–H and O–H groups in total. The second kappa shape index (κ2) is 5.86. The van der Waals surface area contributed by atoms with Crippen LogP contribution in [0, 0.1) is 13.8 Å². The van der Waals surface area contributed by atoms with Crippen LogP contribution in [0.3, 0.4) is 0 Å². The first-order valence-corrected chi connectivity index (χ1v) is 6.50. The summed E-state index contributed by atoms with van der Waals surface area (Å²) in [5.41, 5.74) is 1.88. The van der Waals surface area contributed by atoms with Gasteiger partial charge in [-0.3, -0.25) is 0 Å². The van der Waals surface area contributed by atoms with Crippen molar-refractivity contribution >= 4 is 12.0 Å². The Morgan fingerprint density at radius 1 is 1.42 bits per heavy atom. The average Bonchev–Trinajstić information content (AvgIpc) is 2.37. The number of likely N-dealkylation sites (tertiary alicyclic amines) is 1. The Hall–Kier alpha value is -1.85. The maximum absolute atomic E-state index is 11.5. The van der Waals surface area contributed by atoms with Gasteiger partial charge < -0.3 is 15.0 Å². The molecule has 1 fully saturated rings. The second-order valence-electron chi connectivity index (χ2n) is 4.87. The van der Waals surface area contributed by atoms with Gasteiger partial charge in [0.1, 0.15) is 0 Å². The molecule has 1 amide bonds. The van der Waals surface area contributed by atoms with E-state index in [0.717, 1.165) is 30.8 Å². The predicted octanol–water partition coefficient (Wildman–Crippen LogP) is 1.74. The zero-order chi connectivity index (χ0) is 13.8. The van der Waals surface area contributed by atoms with Crippen LogP contribution in [0.1, 0.15) is 24.2 Å². The fourth-order valence-corrected chi connectivity index (χ4v) is 2.36. The molecule has 0 aromatic carbocycles. The smallest absolute Gasteiger partial charge is 0.409 e. The Kier molecular flexibility index (Phi) is 4.19. The molecule has 19 heavy (non-hydrogen) atoms. The van der Waals surface area contributed by atoms with E-state index >= 15 is 0 Å². The third-order valence-electron chi connectivity index (χ3n) is 3.17. The maximum Gasteiger partial charge on any atom is 0.409 e. The summed E-state index contributed by atoms with van der Waals surface area (Å²) in [5.74, 6) is 0.634. The van der Waals surface area contributed by atoms with Crippen molar-refractivity contribution in [2.45, 2.75) is 32.7 Å². The monoisotopic (exact) mass is 264 g/mol. The van der Waals surface area contributed by atoms with Crippen LogP contribution < -0.4 is 5.32 Å². The SMILES string of the molecule is COC(=O)N1CCCC(Nc2nc(C)cc(C)n2)C1. The number of hydrogen-bond donors (Lipinski definition) is 1. The van der Waals surface area contributed by atoms with Crippen molar-refractivity contribution in [2.75, 3.05) is 25.5 Å². The Morgan fingerprint density at radius 2 is 2.11 bits per heavy atom. The first-order valence-electron chi connectivity index (χ1n) is 6.50. The molecule has 1 aromatic heterocycles. The minimum Gasteiger partial charge on any atom is -0.453 e. The lowest BCUT2D eigenvalue weighted by molar-refractivity contribution is 0.113. The van der Waals surface area contributed by atoms with E-state index in [1.54, 1.807) is 4.90 Å². The Bertz CT molecular complexity index is 444. The number of rotatable bonds is 2. The average molecular weight is 264 g/mol. The van der Waals surface area contributed by atoms with Crippen molar-refractivity contribution in [1.82, 2.24) is 14.9 Å². The third kappa shape index (κ3) is 3.56. The van der Waals surface area contributed by atoms with Gasteiger partial charge in [0.2, 0.25) is 5.95 Å². The van der Waals surface area contributed by atoms with E-state index in [-0.39, 0.29) is 12.1 Å². The Morgan fingerprint density at radius 3 is 2.74 bits per heavy atom. The van der Waals surface area contributed by atoms with Gasteiger partial charge in [0.25, 0.3) is 0 Å². The van der Waals surface area contributed by atoms with Gasteiger partial charge in [0.05, 0.1) is 7.11 Å². The van der Waals surface area contributed by atoms with Crippen LogP contribution in [0.5, 0.6) is 0 Å². The molecule has 0 aliphatic carbocycles. The van der Waals surface area contributed by atoms with E-state index in [0.29, 0.717) is 12.5 Å². The number of nitrogens with one attached hydrogen (secondary N) is 1. The van der Waals surface area contributed by atoms with E-state index in [1.165, 1.54) is 7.11 Å². The molecule has 0 saturated carbocycles. The summed E-state index contributed by atoms with van der Waals surface area (Å²) in [6.45, 7) is 5.27. The van der Waals surface area contributed by atoms with Crippen LogP contribution in [0.4, 0.5) is 10.7 Å². The fraction of sp³-hybridized carbons (Fsp3) is 0.615. The lowest BCUT2D eigenvalue weighted by Gasteiger charge is -2.32. The van der Waals surface area contributed by atoms with Crippen molar-refractivity contribution < 1.29 is 9.53 Å². The molecular formula is C13H20N4O2. The number of ether oxygens (including phenoxy) is 1. The summed E-state index contributed by atoms with van der Waals surface area (Å²) < 4.78 is 4.75. The molecule has 1 saturated heterocycles. The number of hydrogen-bond acceptors (Lipinski definition) is 5. The molecule has 1 aromatic rings. The number of anilines is 1. The first kappa shape index (κ1) is 13.6. The van der Waals surface area contributed by atoms with Gasteiger partial charge >= 0.3 is 6.09 Å². The number of amides is 1. The number of methoxy groups -OCH3 is 1. The lowest BCUT2D eigenvalue weighted by Crippen LogP contribution is -2.45. The van der Waals surface area contributed by atoms with Gasteiger partial charge in [0.15, 0.2) is 0 Å². The maximum atomic E-state index is 11.5. The van der Waals surface area contributed by atoms with E-state index in [1.807, 2.05) is 19.9 Å². The van der Waals surface area contributed by atoms with Crippen LogP contribution >= 0.6 is 0 Å². The van der Waals surface area contributed by atoms with Crippen LogP contribution in [-0.4, -0.2) is 47.2 Å². The minimum atomic E-state index is -0.271. The van der Waals surface area contributed by atoms with E-state index in [4.69, 9.17) is 4.74 Å². The summed E-state index contributed by atoms with van der Waals surface area (Å²) in [5, 5.41) is 3.30. The van der Waals surface area contributed by atoms with Crippen LogP contribution in [-0.2, 0) is 4.74 Å². The molecule has 1 aliphatic heterocycles. The highest BCUT2D eigenvalue weighted by atomic mass is 16.5. The van der Waals surface area contributed by atoms with Crippen molar-refractivity contribution in [2.24, 2.45) is 0 Å². The van der Waals surface area contributed by atoms with Crippen molar-refractivity contribution in [3.8, 4) is 0 Å². The summed E-state index contributed by atoms with van der Waals surface area (Å²) >= 11 is 0. The molecule has 1 aliphatic rings. The highest BCUT2D eigenvalue weighted by Crippen LogP contribution is 2.15. The highest BCUT2D eigenvalue weighted by molar-refractivity contribution is 5.67. The minimum absolute atomic E-state index is 0.175. The third-order valence-corrected chi connectivity index (χ3v) is 3.17. The van der Waals surface area contributed by atoms with Crippen LogP contribution in [0.15, 0.2) is 6.07 Å². The number of aromatic nitrogens is 2. The molecule has 1 unspecified atom stereocenters. The van der Waals surface area contributed by atoms with Crippen LogP contribution in [0.25, 0.3) is 0 Å². The van der Waals surface area contributed by atoms with Gasteiger partial charge in [-0.05, 0) is 32.8 Å². The van der Waals surface area contributed by atoms with Gasteiger partial charge in [-0.15, -0.1) is 0 Å². The molecule has 6 heteroatoms. The van der Waals surface area contributed by atoms with Crippen LogP contribution in [0.2, 0.25) is 0 Å². The topological polar surface area (TPSA) is 67.3 Å². The summed E-state index contributed by atoms with van der Waals surface area (Å²) in [7, 11) is 1.41. The van der Waals surface area contributed by atoms with Gasteiger partial charge in [0, 0.05) is 30.5 Å². The number of carbonyl (C=O) groups is 1. The second-order valence-corrected chi connectivity index (χ2v) is 4.87. The highest BCUT2D eigenvalue weighted by Gasteiger charge is 2.24. The Balaban J connectivity index is 2.00. The number of nitrogens with zero attached hydrogens (tertiary/aromatic N) is 3. The molecule has 1 atom stereocenters.